The second-order valence-corrected chi connectivity index (χ2v) is 10.7. The fourth-order valence-electron chi connectivity index (χ4n) is 3.36. The van der Waals surface area contributed by atoms with Crippen LogP contribution in [0.15, 0.2) is 60.7 Å². The Morgan fingerprint density at radius 1 is 0.676 bits per heavy atom. The summed E-state index contributed by atoms with van der Waals surface area (Å²) in [5.41, 5.74) is -0.0849. The molecule has 0 aliphatic rings. The molecule has 1 heterocycles. The summed E-state index contributed by atoms with van der Waals surface area (Å²) in [6.07, 6.45) is 0. The van der Waals surface area contributed by atoms with Crippen LogP contribution in [0.25, 0.3) is 0 Å². The van der Waals surface area contributed by atoms with Crippen LogP contribution in [0.2, 0.25) is 0 Å². The minimum atomic E-state index is -1.51. The third-order valence-corrected chi connectivity index (χ3v) is 4.80. The molecule has 9 heteroatoms. The summed E-state index contributed by atoms with van der Waals surface area (Å²) in [7, 11) is 3.54. The van der Waals surface area contributed by atoms with E-state index in [0.717, 1.165) is 11.4 Å². The summed E-state index contributed by atoms with van der Waals surface area (Å²) in [4.78, 5) is 44.0. The van der Waals surface area contributed by atoms with Gasteiger partial charge in [-0.15, -0.1) is 0 Å². The Labute approximate surface area is 218 Å². The van der Waals surface area contributed by atoms with Crippen molar-refractivity contribution < 1.29 is 19.1 Å². The van der Waals surface area contributed by atoms with Gasteiger partial charge in [0.05, 0.1) is 0 Å². The van der Waals surface area contributed by atoms with Crippen molar-refractivity contribution in [3.63, 3.8) is 0 Å². The fraction of sp³-hybridized carbons (Fsp3) is 0.393. The van der Waals surface area contributed by atoms with E-state index in [-0.39, 0.29) is 17.7 Å². The number of hydrogen-bond donors (Lipinski definition) is 0. The zero-order chi connectivity index (χ0) is 27.4. The number of hydrogen-bond acceptors (Lipinski definition) is 9. The molecule has 0 fully saturated rings. The Morgan fingerprint density at radius 3 is 1.46 bits per heavy atom. The molecule has 3 rings (SSSR count). The molecule has 1 aromatic heterocycles. The number of benzene rings is 2. The van der Waals surface area contributed by atoms with Crippen LogP contribution in [-0.4, -0.2) is 52.2 Å². The minimum absolute atomic E-state index is 0.0611. The number of ether oxygens (including phenoxy) is 2. The number of esters is 2. The predicted molar refractivity (Wildman–Crippen MR) is 143 cm³/mol. The van der Waals surface area contributed by atoms with Crippen LogP contribution in [0.4, 0.5) is 23.3 Å². The number of carbonyl (C=O) groups is 2. The number of para-hydroxylation sites is 2. The molecular weight excluding hydrogens is 470 g/mol. The summed E-state index contributed by atoms with van der Waals surface area (Å²) in [6, 6.07) is 19.1. The van der Waals surface area contributed by atoms with E-state index in [1.54, 1.807) is 60.5 Å². The first-order chi connectivity index (χ1) is 17.2. The summed E-state index contributed by atoms with van der Waals surface area (Å²) in [5.74, 6) is -2.65. The van der Waals surface area contributed by atoms with E-state index in [1.165, 1.54) is 0 Å². The molecule has 0 saturated carbocycles. The lowest BCUT2D eigenvalue weighted by Gasteiger charge is -2.27. The molecule has 196 valence electrons. The lowest BCUT2D eigenvalue weighted by Crippen LogP contribution is -2.37. The van der Waals surface area contributed by atoms with E-state index in [0.29, 0.717) is 0 Å². The maximum Gasteiger partial charge on any atom is 0.328 e. The van der Waals surface area contributed by atoms with Crippen molar-refractivity contribution in [2.75, 3.05) is 23.9 Å². The Bertz CT molecular complexity index is 1150. The second kappa shape index (κ2) is 10.9. The average molecular weight is 506 g/mol. The smallest absolute Gasteiger partial charge is 0.328 e. The van der Waals surface area contributed by atoms with Crippen LogP contribution in [0, 0.1) is 0 Å². The highest BCUT2D eigenvalue weighted by Gasteiger charge is 2.39. The highest BCUT2D eigenvalue weighted by Crippen LogP contribution is 2.33. The van der Waals surface area contributed by atoms with Crippen molar-refractivity contribution in [3.05, 3.63) is 66.5 Å². The van der Waals surface area contributed by atoms with Gasteiger partial charge < -0.3 is 14.4 Å². The van der Waals surface area contributed by atoms with Crippen molar-refractivity contribution in [2.24, 2.45) is 0 Å². The number of rotatable bonds is 7. The number of anilines is 4. The van der Waals surface area contributed by atoms with E-state index in [1.807, 2.05) is 65.6 Å². The standard InChI is InChI=1S/C28H35N5O4/c1-27(2,3)36-23(34)21(24(35)37-28(4,5)6)22-29-25(32(7)8)31-26(30-22)33(19-15-11-9-12-16-19)20-17-13-10-14-18-20/h9-18,21H,1-8H3. The van der Waals surface area contributed by atoms with E-state index < -0.39 is 29.1 Å². The monoisotopic (exact) mass is 505 g/mol. The van der Waals surface area contributed by atoms with E-state index in [4.69, 9.17) is 9.47 Å². The molecule has 0 spiro atoms. The molecule has 0 aliphatic carbocycles. The zero-order valence-electron chi connectivity index (χ0n) is 22.7. The van der Waals surface area contributed by atoms with Crippen molar-refractivity contribution >= 4 is 35.2 Å². The second-order valence-electron chi connectivity index (χ2n) is 10.7. The summed E-state index contributed by atoms with van der Waals surface area (Å²) in [6.45, 7) is 10.4. The molecule has 0 aliphatic heterocycles. The van der Waals surface area contributed by atoms with E-state index in [2.05, 4.69) is 15.0 Å². The van der Waals surface area contributed by atoms with E-state index >= 15 is 0 Å². The SMILES string of the molecule is CN(C)c1nc(C(C(=O)OC(C)(C)C)C(=O)OC(C)(C)C)nc(N(c2ccccc2)c2ccccc2)n1. The summed E-state index contributed by atoms with van der Waals surface area (Å²) < 4.78 is 11.2. The Hall–Kier alpha value is -4.01. The van der Waals surface area contributed by atoms with E-state index in [9.17, 15) is 9.59 Å². The van der Waals surface area contributed by atoms with Gasteiger partial charge in [-0.25, -0.2) is 0 Å². The van der Waals surface area contributed by atoms with Crippen LogP contribution in [0.1, 0.15) is 53.3 Å². The molecule has 0 saturated heterocycles. The van der Waals surface area contributed by atoms with Crippen molar-refractivity contribution in [3.8, 4) is 0 Å². The molecule has 2 aromatic carbocycles. The van der Waals surface area contributed by atoms with Crippen molar-refractivity contribution in [1.82, 2.24) is 15.0 Å². The van der Waals surface area contributed by atoms with Crippen LogP contribution >= 0.6 is 0 Å². The van der Waals surface area contributed by atoms with Gasteiger partial charge in [0.15, 0.2) is 5.82 Å². The predicted octanol–water partition coefficient (Wildman–Crippen LogP) is 5.17. The van der Waals surface area contributed by atoms with Crippen LogP contribution in [0.5, 0.6) is 0 Å². The summed E-state index contributed by atoms with van der Waals surface area (Å²) in [5, 5.41) is 0. The highest BCUT2D eigenvalue weighted by atomic mass is 16.6. The van der Waals surface area contributed by atoms with Crippen LogP contribution in [-0.2, 0) is 19.1 Å². The van der Waals surface area contributed by atoms with Crippen molar-refractivity contribution in [2.45, 2.75) is 58.7 Å². The van der Waals surface area contributed by atoms with Gasteiger partial charge in [-0.05, 0) is 65.8 Å². The zero-order valence-corrected chi connectivity index (χ0v) is 22.7. The van der Waals surface area contributed by atoms with Gasteiger partial charge in [-0.2, -0.15) is 15.0 Å². The Balaban J connectivity index is 2.24. The first kappa shape index (κ1) is 27.6. The normalized spacial score (nSPS) is 11.7. The average Bonchev–Trinajstić information content (AvgIpc) is 2.78. The molecule has 0 amide bonds. The molecule has 37 heavy (non-hydrogen) atoms. The maximum absolute atomic E-state index is 13.3. The Kier molecular flexibility index (Phi) is 8.15. The van der Waals surface area contributed by atoms with Gasteiger partial charge in [0.2, 0.25) is 17.8 Å². The lowest BCUT2D eigenvalue weighted by molar-refractivity contribution is -0.169. The quantitative estimate of drug-likeness (QED) is 0.318. The maximum atomic E-state index is 13.3. The van der Waals surface area contributed by atoms with Crippen LogP contribution < -0.4 is 9.80 Å². The van der Waals surface area contributed by atoms with Crippen LogP contribution in [0.3, 0.4) is 0 Å². The largest absolute Gasteiger partial charge is 0.459 e. The molecule has 9 nitrogen and oxygen atoms in total. The fourth-order valence-corrected chi connectivity index (χ4v) is 3.36. The molecule has 3 aromatic rings. The number of nitrogens with zero attached hydrogens (tertiary/aromatic N) is 5. The van der Waals surface area contributed by atoms with Crippen molar-refractivity contribution in [1.29, 1.82) is 0 Å². The van der Waals surface area contributed by atoms with Gasteiger partial charge in [-0.3, -0.25) is 14.5 Å². The lowest BCUT2D eigenvalue weighted by atomic mass is 10.1. The van der Waals surface area contributed by atoms with Gasteiger partial charge in [0.25, 0.3) is 0 Å². The molecule has 0 radical (unpaired) electrons. The van der Waals surface area contributed by atoms with Gasteiger partial charge in [0.1, 0.15) is 11.2 Å². The van der Waals surface area contributed by atoms with Gasteiger partial charge in [-0.1, -0.05) is 36.4 Å². The van der Waals surface area contributed by atoms with Gasteiger partial charge >= 0.3 is 11.9 Å². The first-order valence-corrected chi connectivity index (χ1v) is 12.0. The van der Waals surface area contributed by atoms with Gasteiger partial charge in [0, 0.05) is 25.5 Å². The topological polar surface area (TPSA) is 97.8 Å². The number of carbonyl (C=O) groups excluding carboxylic acids is 2. The number of aromatic nitrogens is 3. The first-order valence-electron chi connectivity index (χ1n) is 12.0. The Morgan fingerprint density at radius 2 is 1.08 bits per heavy atom. The third-order valence-electron chi connectivity index (χ3n) is 4.80. The summed E-state index contributed by atoms with van der Waals surface area (Å²) >= 11 is 0. The molecule has 0 atom stereocenters. The molecular formula is C28H35N5O4. The molecule has 0 N–H and O–H groups in total. The molecule has 0 unspecified atom stereocenters. The minimum Gasteiger partial charge on any atom is -0.459 e. The highest BCUT2D eigenvalue weighted by molar-refractivity contribution is 6.00. The molecule has 0 bridgehead atoms. The third kappa shape index (κ3) is 7.49.